The number of hydrogen-bond acceptors (Lipinski definition) is 3. The molecule has 60 valence electrons. The van der Waals surface area contributed by atoms with E-state index in [1.165, 1.54) is 0 Å². The lowest BCUT2D eigenvalue weighted by Gasteiger charge is -2.01. The second-order valence-electron chi connectivity index (χ2n) is 2.04. The number of rotatable bonds is 2. The number of phenolic OH excluding ortho intramolecular Hbond substituents is 1. The van der Waals surface area contributed by atoms with Crippen LogP contribution in [0.1, 0.15) is 0 Å². The first-order valence-electron chi connectivity index (χ1n) is 3.19. The lowest BCUT2D eigenvalue weighted by molar-refractivity contribution is 0.461. The van der Waals surface area contributed by atoms with Crippen LogP contribution in [0.2, 0.25) is 0 Å². The minimum absolute atomic E-state index is 0.379. The minimum atomic E-state index is 0.379. The molecule has 0 fully saturated rings. The lowest BCUT2D eigenvalue weighted by atomic mass is 10.3. The van der Waals surface area contributed by atoms with Crippen molar-refractivity contribution in [3.8, 4) is 5.75 Å². The molecule has 11 heavy (non-hydrogen) atoms. The first-order chi connectivity index (χ1) is 5.27. The van der Waals surface area contributed by atoms with E-state index >= 15 is 0 Å². The van der Waals surface area contributed by atoms with E-state index in [1.807, 2.05) is 24.6 Å². The van der Waals surface area contributed by atoms with E-state index in [2.05, 4.69) is 0 Å². The van der Waals surface area contributed by atoms with Gasteiger partial charge in [0.15, 0.2) is 0 Å². The largest absolute Gasteiger partial charge is 0.507 e. The van der Waals surface area contributed by atoms with Crippen LogP contribution in [0.4, 0.5) is 0 Å². The summed E-state index contributed by atoms with van der Waals surface area (Å²) >= 11 is 3.19. The Morgan fingerprint density at radius 1 is 1.18 bits per heavy atom. The molecule has 0 saturated carbocycles. The molecule has 0 heterocycles. The second kappa shape index (κ2) is 3.93. The van der Waals surface area contributed by atoms with Gasteiger partial charge in [-0.1, -0.05) is 0 Å². The van der Waals surface area contributed by atoms with Gasteiger partial charge in [0.2, 0.25) is 0 Å². The summed E-state index contributed by atoms with van der Waals surface area (Å²) in [5, 5.41) is 9.39. The van der Waals surface area contributed by atoms with Gasteiger partial charge in [0, 0.05) is 9.79 Å². The van der Waals surface area contributed by atoms with Crippen LogP contribution in [0, 0.1) is 0 Å². The zero-order valence-corrected chi connectivity index (χ0v) is 8.13. The Kier molecular flexibility index (Phi) is 3.15. The van der Waals surface area contributed by atoms with E-state index < -0.39 is 0 Å². The lowest BCUT2D eigenvalue weighted by Crippen LogP contribution is -1.74. The number of hydrogen-bond donors (Lipinski definition) is 1. The highest BCUT2D eigenvalue weighted by Gasteiger charge is 1.99. The summed E-state index contributed by atoms with van der Waals surface area (Å²) in [6.45, 7) is 0. The number of thioether (sulfide) groups is 2. The van der Waals surface area contributed by atoms with Crippen molar-refractivity contribution < 1.29 is 5.11 Å². The van der Waals surface area contributed by atoms with E-state index in [0.29, 0.717) is 5.75 Å². The fourth-order valence-electron chi connectivity index (χ4n) is 0.797. The van der Waals surface area contributed by atoms with Gasteiger partial charge in [0.25, 0.3) is 0 Å². The van der Waals surface area contributed by atoms with Crippen LogP contribution in [0.15, 0.2) is 28.0 Å². The highest BCUT2D eigenvalue weighted by molar-refractivity contribution is 7.99. The van der Waals surface area contributed by atoms with Crippen molar-refractivity contribution in [2.75, 3.05) is 12.5 Å². The Hall–Kier alpha value is -0.280. The monoisotopic (exact) mass is 186 g/mol. The molecule has 0 aliphatic heterocycles. The van der Waals surface area contributed by atoms with Crippen LogP contribution in [-0.4, -0.2) is 17.6 Å². The molecule has 0 aliphatic rings. The summed E-state index contributed by atoms with van der Waals surface area (Å²) in [7, 11) is 0. The molecule has 3 heteroatoms. The molecule has 1 aromatic carbocycles. The molecule has 0 atom stereocenters. The van der Waals surface area contributed by atoms with Crippen LogP contribution >= 0.6 is 23.5 Å². The quantitative estimate of drug-likeness (QED) is 0.717. The van der Waals surface area contributed by atoms with Gasteiger partial charge in [0.05, 0.1) is 0 Å². The molecule has 0 spiro atoms. The van der Waals surface area contributed by atoms with Crippen molar-refractivity contribution in [2.24, 2.45) is 0 Å². The van der Waals surface area contributed by atoms with Gasteiger partial charge in [0.1, 0.15) is 5.75 Å². The standard InChI is InChI=1S/C8H10OS2/c1-10-6-3-4-8(11-2)7(9)5-6/h3-5,9H,1-2H3. The number of phenols is 1. The van der Waals surface area contributed by atoms with E-state index in [1.54, 1.807) is 29.6 Å². The van der Waals surface area contributed by atoms with Crippen LogP contribution in [0.25, 0.3) is 0 Å². The molecule has 1 aromatic rings. The number of aromatic hydroxyl groups is 1. The van der Waals surface area contributed by atoms with Crippen LogP contribution in [0.3, 0.4) is 0 Å². The van der Waals surface area contributed by atoms with E-state index in [0.717, 1.165) is 9.79 Å². The molecule has 1 N–H and O–H groups in total. The molecule has 1 nitrogen and oxygen atoms in total. The third kappa shape index (κ3) is 2.07. The summed E-state index contributed by atoms with van der Waals surface area (Å²) in [6, 6.07) is 5.73. The third-order valence-electron chi connectivity index (χ3n) is 1.39. The van der Waals surface area contributed by atoms with Gasteiger partial charge in [-0.3, -0.25) is 0 Å². The van der Waals surface area contributed by atoms with Crippen molar-refractivity contribution in [3.63, 3.8) is 0 Å². The number of benzene rings is 1. The molecule has 0 aromatic heterocycles. The Bertz CT molecular complexity index is 248. The molecule has 0 amide bonds. The molecule has 0 unspecified atom stereocenters. The minimum Gasteiger partial charge on any atom is -0.507 e. The van der Waals surface area contributed by atoms with Crippen molar-refractivity contribution >= 4 is 23.5 Å². The van der Waals surface area contributed by atoms with Crippen molar-refractivity contribution in [1.29, 1.82) is 0 Å². The maximum absolute atomic E-state index is 9.39. The average Bonchev–Trinajstić information content (AvgIpc) is 2.04. The molecule has 1 rings (SSSR count). The third-order valence-corrected chi connectivity index (χ3v) is 2.90. The summed E-state index contributed by atoms with van der Waals surface area (Å²) in [5.41, 5.74) is 0. The van der Waals surface area contributed by atoms with Gasteiger partial charge >= 0.3 is 0 Å². The predicted molar refractivity (Wildman–Crippen MR) is 51.7 cm³/mol. The maximum Gasteiger partial charge on any atom is 0.130 e. The fourth-order valence-corrected chi connectivity index (χ4v) is 1.70. The molecule has 0 radical (unpaired) electrons. The Labute approximate surface area is 75.2 Å². The van der Waals surface area contributed by atoms with Crippen molar-refractivity contribution in [2.45, 2.75) is 9.79 Å². The van der Waals surface area contributed by atoms with Crippen molar-refractivity contribution in [3.05, 3.63) is 18.2 Å². The predicted octanol–water partition coefficient (Wildman–Crippen LogP) is 2.84. The first kappa shape index (κ1) is 8.81. The van der Waals surface area contributed by atoms with Crippen molar-refractivity contribution in [1.82, 2.24) is 0 Å². The van der Waals surface area contributed by atoms with Gasteiger partial charge < -0.3 is 5.11 Å². The smallest absolute Gasteiger partial charge is 0.130 e. The molecule has 0 aliphatic carbocycles. The van der Waals surface area contributed by atoms with Gasteiger partial charge in [-0.05, 0) is 30.7 Å². The van der Waals surface area contributed by atoms with Crippen LogP contribution in [-0.2, 0) is 0 Å². The van der Waals surface area contributed by atoms with Gasteiger partial charge in [-0.2, -0.15) is 0 Å². The SMILES string of the molecule is CSc1ccc(SC)c(O)c1. The maximum atomic E-state index is 9.39. The van der Waals surface area contributed by atoms with E-state index in [-0.39, 0.29) is 0 Å². The molecule has 0 saturated heterocycles. The van der Waals surface area contributed by atoms with Crippen LogP contribution in [0.5, 0.6) is 5.75 Å². The second-order valence-corrected chi connectivity index (χ2v) is 3.77. The highest BCUT2D eigenvalue weighted by Crippen LogP contribution is 2.29. The van der Waals surface area contributed by atoms with Gasteiger partial charge in [-0.15, -0.1) is 23.5 Å². The molecule has 0 bridgehead atoms. The average molecular weight is 186 g/mol. The zero-order chi connectivity index (χ0) is 8.27. The van der Waals surface area contributed by atoms with E-state index in [9.17, 15) is 5.11 Å². The summed E-state index contributed by atoms with van der Waals surface area (Å²) in [6.07, 6.45) is 3.95. The molecular weight excluding hydrogens is 176 g/mol. The Morgan fingerprint density at radius 3 is 2.36 bits per heavy atom. The van der Waals surface area contributed by atoms with E-state index in [4.69, 9.17) is 0 Å². The van der Waals surface area contributed by atoms with Crippen LogP contribution < -0.4 is 0 Å². The Balaban J connectivity index is 2.99. The summed E-state index contributed by atoms with van der Waals surface area (Å²) in [5.74, 6) is 0.379. The zero-order valence-electron chi connectivity index (χ0n) is 6.50. The first-order valence-corrected chi connectivity index (χ1v) is 5.64. The summed E-state index contributed by atoms with van der Waals surface area (Å²) in [4.78, 5) is 2.03. The normalized spacial score (nSPS) is 10.0. The summed E-state index contributed by atoms with van der Waals surface area (Å²) < 4.78 is 0. The fraction of sp³-hybridized carbons (Fsp3) is 0.250. The highest BCUT2D eigenvalue weighted by atomic mass is 32.2. The topological polar surface area (TPSA) is 20.2 Å². The molecular formula is C8H10OS2. The van der Waals surface area contributed by atoms with Gasteiger partial charge in [-0.25, -0.2) is 0 Å². The Morgan fingerprint density at radius 2 is 1.91 bits per heavy atom.